The zero-order valence-corrected chi connectivity index (χ0v) is 10.6. The van der Waals surface area contributed by atoms with Gasteiger partial charge in [-0.1, -0.05) is 59.3 Å². The van der Waals surface area contributed by atoms with Crippen LogP contribution in [0.2, 0.25) is 0 Å². The van der Waals surface area contributed by atoms with E-state index in [1.807, 2.05) is 0 Å². The second-order valence-electron chi connectivity index (χ2n) is 4.25. The van der Waals surface area contributed by atoms with E-state index in [1.54, 1.807) is 0 Å². The quantitative estimate of drug-likeness (QED) is 0.792. The molecule has 0 amide bonds. The van der Waals surface area contributed by atoms with Crippen LogP contribution in [0.1, 0.15) is 12.5 Å². The van der Waals surface area contributed by atoms with Gasteiger partial charge >= 0.3 is 0 Å². The van der Waals surface area contributed by atoms with Crippen molar-refractivity contribution in [2.75, 3.05) is 13.1 Å². The first-order valence-corrected chi connectivity index (χ1v) is 6.16. The van der Waals surface area contributed by atoms with Gasteiger partial charge in [0.1, 0.15) is 0 Å². The Morgan fingerprint density at radius 3 is 2.73 bits per heavy atom. The Morgan fingerprint density at radius 2 is 2.07 bits per heavy atom. The minimum atomic E-state index is 0.650. The lowest BCUT2D eigenvalue weighted by molar-refractivity contribution is 0.257. The lowest BCUT2D eigenvalue weighted by atomic mass is 10.1. The van der Waals surface area contributed by atoms with Crippen LogP contribution in [-0.4, -0.2) is 18.0 Å². The van der Waals surface area contributed by atoms with Gasteiger partial charge in [0.15, 0.2) is 0 Å². The lowest BCUT2D eigenvalue weighted by Crippen LogP contribution is -2.32. The zero-order chi connectivity index (χ0) is 10.7. The highest BCUT2D eigenvalue weighted by Crippen LogP contribution is 2.20. The van der Waals surface area contributed by atoms with Gasteiger partial charge in [-0.05, 0) is 11.5 Å². The molecule has 0 aromatic heterocycles. The maximum Gasteiger partial charge on any atom is 0.0300 e. The molecule has 1 aromatic rings. The van der Waals surface area contributed by atoms with Crippen LogP contribution >= 0.6 is 15.9 Å². The van der Waals surface area contributed by atoms with Crippen molar-refractivity contribution < 1.29 is 0 Å². The summed E-state index contributed by atoms with van der Waals surface area (Å²) in [6.07, 6.45) is 2.31. The summed E-state index contributed by atoms with van der Waals surface area (Å²) in [6, 6.07) is 10.7. The Bertz CT molecular complexity index is 345. The molecule has 2 rings (SSSR count). The van der Waals surface area contributed by atoms with Crippen LogP contribution in [0, 0.1) is 5.92 Å². The summed E-state index contributed by atoms with van der Waals surface area (Å²) in [7, 11) is 0. The number of hydrogen-bond acceptors (Lipinski definition) is 1. The topological polar surface area (TPSA) is 3.24 Å². The molecule has 1 aliphatic rings. The molecule has 1 atom stereocenters. The second-order valence-corrected chi connectivity index (χ2v) is 5.26. The van der Waals surface area contributed by atoms with E-state index >= 15 is 0 Å². The second kappa shape index (κ2) is 4.95. The van der Waals surface area contributed by atoms with Crippen molar-refractivity contribution in [2.24, 2.45) is 5.92 Å². The summed E-state index contributed by atoms with van der Waals surface area (Å²) < 4.78 is 1.32. The van der Waals surface area contributed by atoms with Crippen molar-refractivity contribution in [1.29, 1.82) is 0 Å². The number of rotatable bonds is 2. The number of hydrogen-bond donors (Lipinski definition) is 0. The highest BCUT2D eigenvalue weighted by molar-refractivity contribution is 9.11. The van der Waals surface area contributed by atoms with Crippen LogP contribution in [-0.2, 0) is 6.54 Å². The average molecular weight is 266 g/mol. The van der Waals surface area contributed by atoms with Gasteiger partial charge in [0.05, 0.1) is 0 Å². The Morgan fingerprint density at radius 1 is 1.33 bits per heavy atom. The molecular formula is C13H16BrN. The Balaban J connectivity index is 1.99. The van der Waals surface area contributed by atoms with E-state index in [9.17, 15) is 0 Å². The molecule has 80 valence electrons. The molecule has 2 heteroatoms. The SMILES string of the molecule is CC1C=C(Br)CN(Cc2ccccc2)C1. The summed E-state index contributed by atoms with van der Waals surface area (Å²) in [5.74, 6) is 0.650. The molecule has 1 aliphatic heterocycles. The normalized spacial score (nSPS) is 22.5. The summed E-state index contributed by atoms with van der Waals surface area (Å²) >= 11 is 3.60. The van der Waals surface area contributed by atoms with Crippen molar-refractivity contribution in [3.05, 3.63) is 46.5 Å². The first-order chi connectivity index (χ1) is 7.24. The van der Waals surface area contributed by atoms with E-state index in [4.69, 9.17) is 0 Å². The smallest absolute Gasteiger partial charge is 0.0300 e. The summed E-state index contributed by atoms with van der Waals surface area (Å²) in [5, 5.41) is 0. The van der Waals surface area contributed by atoms with Crippen LogP contribution < -0.4 is 0 Å². The highest BCUT2D eigenvalue weighted by Gasteiger charge is 2.15. The largest absolute Gasteiger partial charge is 0.294 e. The van der Waals surface area contributed by atoms with E-state index in [-0.39, 0.29) is 0 Å². The van der Waals surface area contributed by atoms with Crippen LogP contribution in [0.5, 0.6) is 0 Å². The van der Waals surface area contributed by atoms with Crippen molar-refractivity contribution in [3.8, 4) is 0 Å². The average Bonchev–Trinajstić information content (AvgIpc) is 2.17. The standard InChI is InChI=1S/C13H16BrN/c1-11-7-13(14)10-15(8-11)9-12-5-3-2-4-6-12/h2-7,11H,8-10H2,1H3. The van der Waals surface area contributed by atoms with Gasteiger partial charge in [-0.25, -0.2) is 0 Å². The van der Waals surface area contributed by atoms with E-state index in [0.717, 1.165) is 19.6 Å². The van der Waals surface area contributed by atoms with Gasteiger partial charge in [0.25, 0.3) is 0 Å². The molecular weight excluding hydrogens is 250 g/mol. The van der Waals surface area contributed by atoms with Gasteiger partial charge in [-0.3, -0.25) is 4.90 Å². The molecule has 0 spiro atoms. The fourth-order valence-corrected chi connectivity index (χ4v) is 2.87. The molecule has 0 N–H and O–H groups in total. The molecule has 0 fully saturated rings. The molecule has 1 unspecified atom stereocenters. The predicted octanol–water partition coefficient (Wildman–Crippen LogP) is 3.42. The fraction of sp³-hybridized carbons (Fsp3) is 0.385. The van der Waals surface area contributed by atoms with Crippen LogP contribution in [0.4, 0.5) is 0 Å². The molecule has 0 bridgehead atoms. The van der Waals surface area contributed by atoms with Crippen molar-refractivity contribution in [3.63, 3.8) is 0 Å². The predicted molar refractivity (Wildman–Crippen MR) is 67.9 cm³/mol. The van der Waals surface area contributed by atoms with Gasteiger partial charge in [0, 0.05) is 24.1 Å². The highest BCUT2D eigenvalue weighted by atomic mass is 79.9. The van der Waals surface area contributed by atoms with Crippen molar-refractivity contribution >= 4 is 15.9 Å². The molecule has 15 heavy (non-hydrogen) atoms. The molecule has 1 heterocycles. The van der Waals surface area contributed by atoms with E-state index in [0.29, 0.717) is 5.92 Å². The van der Waals surface area contributed by atoms with E-state index < -0.39 is 0 Å². The third kappa shape index (κ3) is 3.18. The maximum absolute atomic E-state index is 3.60. The van der Waals surface area contributed by atoms with Crippen LogP contribution in [0.3, 0.4) is 0 Å². The van der Waals surface area contributed by atoms with Crippen molar-refractivity contribution in [1.82, 2.24) is 4.90 Å². The number of benzene rings is 1. The number of nitrogens with zero attached hydrogens (tertiary/aromatic N) is 1. The minimum Gasteiger partial charge on any atom is -0.294 e. The summed E-state index contributed by atoms with van der Waals surface area (Å²) in [5.41, 5.74) is 1.40. The van der Waals surface area contributed by atoms with Crippen molar-refractivity contribution in [2.45, 2.75) is 13.5 Å². The van der Waals surface area contributed by atoms with Gasteiger partial charge in [-0.2, -0.15) is 0 Å². The third-order valence-corrected chi connectivity index (χ3v) is 3.15. The van der Waals surface area contributed by atoms with Gasteiger partial charge < -0.3 is 0 Å². The lowest BCUT2D eigenvalue weighted by Gasteiger charge is -2.28. The molecule has 0 saturated carbocycles. The molecule has 1 aromatic carbocycles. The molecule has 0 radical (unpaired) electrons. The molecule has 1 nitrogen and oxygen atoms in total. The van der Waals surface area contributed by atoms with Gasteiger partial charge in [0.2, 0.25) is 0 Å². The Kier molecular flexibility index (Phi) is 3.60. The first-order valence-electron chi connectivity index (χ1n) is 5.36. The summed E-state index contributed by atoms with van der Waals surface area (Å²) in [6.45, 7) is 5.51. The Hall–Kier alpha value is -0.600. The zero-order valence-electron chi connectivity index (χ0n) is 8.99. The maximum atomic E-state index is 3.60. The minimum absolute atomic E-state index is 0.650. The first kappa shape index (κ1) is 10.9. The number of halogens is 1. The van der Waals surface area contributed by atoms with E-state index in [2.05, 4.69) is 64.2 Å². The third-order valence-electron chi connectivity index (χ3n) is 2.64. The molecule has 0 saturated heterocycles. The van der Waals surface area contributed by atoms with E-state index in [1.165, 1.54) is 10.0 Å². The van der Waals surface area contributed by atoms with Crippen LogP contribution in [0.25, 0.3) is 0 Å². The monoisotopic (exact) mass is 265 g/mol. The van der Waals surface area contributed by atoms with Crippen LogP contribution in [0.15, 0.2) is 40.9 Å². The molecule has 0 aliphatic carbocycles. The Labute approximate surface area is 99.9 Å². The van der Waals surface area contributed by atoms with Gasteiger partial charge in [-0.15, -0.1) is 0 Å². The fourth-order valence-electron chi connectivity index (χ4n) is 2.06. The summed E-state index contributed by atoms with van der Waals surface area (Å²) in [4.78, 5) is 2.48.